The number of rotatable bonds is 6. The SMILES string of the molecule is COc1cc(C)c(/C=C(/C#N)C(=O)NC[C@H]2CCCO2)cc1C(C)C. The molecule has 134 valence electrons. The minimum absolute atomic E-state index is 0.0548. The number of ether oxygens (including phenoxy) is 2. The molecule has 1 aromatic rings. The molecule has 0 aromatic heterocycles. The Balaban J connectivity index is 2.21. The fourth-order valence-electron chi connectivity index (χ4n) is 2.91. The van der Waals surface area contributed by atoms with Crippen LogP contribution in [-0.4, -0.2) is 32.3 Å². The summed E-state index contributed by atoms with van der Waals surface area (Å²) < 4.78 is 10.9. The Morgan fingerprint density at radius 2 is 2.28 bits per heavy atom. The van der Waals surface area contributed by atoms with E-state index in [4.69, 9.17) is 9.47 Å². The normalized spacial score (nSPS) is 17.4. The van der Waals surface area contributed by atoms with Crippen LogP contribution >= 0.6 is 0 Å². The molecule has 1 heterocycles. The predicted octanol–water partition coefficient (Wildman–Crippen LogP) is 3.33. The molecule has 1 amide bonds. The van der Waals surface area contributed by atoms with Gasteiger partial charge in [0.25, 0.3) is 5.91 Å². The van der Waals surface area contributed by atoms with Crippen molar-refractivity contribution in [2.24, 2.45) is 0 Å². The van der Waals surface area contributed by atoms with Crippen molar-refractivity contribution >= 4 is 12.0 Å². The summed E-state index contributed by atoms with van der Waals surface area (Å²) in [4.78, 5) is 12.3. The maximum Gasteiger partial charge on any atom is 0.262 e. The smallest absolute Gasteiger partial charge is 0.262 e. The minimum Gasteiger partial charge on any atom is -0.496 e. The van der Waals surface area contributed by atoms with E-state index in [1.54, 1.807) is 13.2 Å². The van der Waals surface area contributed by atoms with Crippen LogP contribution in [0, 0.1) is 18.3 Å². The highest BCUT2D eigenvalue weighted by Gasteiger charge is 2.18. The van der Waals surface area contributed by atoms with Gasteiger partial charge in [0.05, 0.1) is 13.2 Å². The number of nitrogens with zero attached hydrogens (tertiary/aromatic N) is 1. The number of hydrogen-bond acceptors (Lipinski definition) is 4. The number of nitriles is 1. The van der Waals surface area contributed by atoms with Gasteiger partial charge in [0.2, 0.25) is 0 Å². The number of hydrogen-bond donors (Lipinski definition) is 1. The van der Waals surface area contributed by atoms with E-state index >= 15 is 0 Å². The van der Waals surface area contributed by atoms with Crippen LogP contribution in [0.1, 0.15) is 49.3 Å². The second-order valence-electron chi connectivity index (χ2n) is 6.62. The van der Waals surface area contributed by atoms with Gasteiger partial charge in [-0.15, -0.1) is 0 Å². The molecule has 1 aromatic carbocycles. The number of aryl methyl sites for hydroxylation is 1. The van der Waals surface area contributed by atoms with E-state index in [2.05, 4.69) is 19.2 Å². The first-order valence-corrected chi connectivity index (χ1v) is 8.66. The Bertz CT molecular complexity index is 696. The summed E-state index contributed by atoms with van der Waals surface area (Å²) in [5, 5.41) is 12.2. The number of carbonyl (C=O) groups excluding carboxylic acids is 1. The Hall–Kier alpha value is -2.32. The van der Waals surface area contributed by atoms with Crippen molar-refractivity contribution in [3.05, 3.63) is 34.4 Å². The predicted molar refractivity (Wildman–Crippen MR) is 97.4 cm³/mol. The highest BCUT2D eigenvalue weighted by Crippen LogP contribution is 2.30. The molecule has 1 aliphatic rings. The Morgan fingerprint density at radius 3 is 2.84 bits per heavy atom. The lowest BCUT2D eigenvalue weighted by Gasteiger charge is -2.15. The molecule has 2 rings (SSSR count). The summed E-state index contributed by atoms with van der Waals surface area (Å²) >= 11 is 0. The quantitative estimate of drug-likeness (QED) is 0.636. The molecule has 1 fully saturated rings. The Morgan fingerprint density at radius 1 is 1.52 bits per heavy atom. The van der Waals surface area contributed by atoms with Crippen LogP contribution in [0.4, 0.5) is 0 Å². The van der Waals surface area contributed by atoms with Crippen molar-refractivity contribution in [2.45, 2.75) is 45.6 Å². The average molecular weight is 342 g/mol. The Labute approximate surface area is 149 Å². The van der Waals surface area contributed by atoms with Crippen molar-refractivity contribution in [2.75, 3.05) is 20.3 Å². The molecule has 0 unspecified atom stereocenters. The molecule has 1 atom stereocenters. The standard InChI is InChI=1S/C20H26N2O3/c1-13(2)18-10-15(14(3)8-19(18)24-4)9-16(11-21)20(23)22-12-17-6-5-7-25-17/h8-10,13,17H,5-7,12H2,1-4H3,(H,22,23)/b16-9-/t17-/m1/s1. The molecule has 1 N–H and O–H groups in total. The number of amides is 1. The first-order chi connectivity index (χ1) is 12.0. The molecule has 25 heavy (non-hydrogen) atoms. The molecule has 5 heteroatoms. The van der Waals surface area contributed by atoms with Crippen LogP contribution in [0.5, 0.6) is 5.75 Å². The molecule has 5 nitrogen and oxygen atoms in total. The van der Waals surface area contributed by atoms with Gasteiger partial charge >= 0.3 is 0 Å². The second kappa shape index (κ2) is 8.68. The number of carbonyl (C=O) groups is 1. The van der Waals surface area contributed by atoms with Gasteiger partial charge in [-0.3, -0.25) is 4.79 Å². The topological polar surface area (TPSA) is 71.3 Å². The summed E-state index contributed by atoms with van der Waals surface area (Å²) in [6.07, 6.45) is 3.66. The monoisotopic (exact) mass is 342 g/mol. The molecule has 0 saturated carbocycles. The lowest BCUT2D eigenvalue weighted by atomic mass is 9.95. The van der Waals surface area contributed by atoms with Gasteiger partial charge in [0, 0.05) is 13.2 Å². The van der Waals surface area contributed by atoms with Crippen molar-refractivity contribution < 1.29 is 14.3 Å². The van der Waals surface area contributed by atoms with Crippen LogP contribution in [0.2, 0.25) is 0 Å². The van der Waals surface area contributed by atoms with Gasteiger partial charge in [-0.05, 0) is 60.6 Å². The van der Waals surface area contributed by atoms with Crippen LogP contribution < -0.4 is 10.1 Å². The van der Waals surface area contributed by atoms with Gasteiger partial charge < -0.3 is 14.8 Å². The molecule has 0 radical (unpaired) electrons. The second-order valence-corrected chi connectivity index (χ2v) is 6.62. The highest BCUT2D eigenvalue weighted by molar-refractivity contribution is 6.01. The number of methoxy groups -OCH3 is 1. The lowest BCUT2D eigenvalue weighted by Crippen LogP contribution is -2.32. The summed E-state index contributed by atoms with van der Waals surface area (Å²) in [7, 11) is 1.65. The summed E-state index contributed by atoms with van der Waals surface area (Å²) in [5.74, 6) is 0.742. The van der Waals surface area contributed by atoms with E-state index in [1.165, 1.54) is 0 Å². The third-order valence-corrected chi connectivity index (χ3v) is 4.42. The van der Waals surface area contributed by atoms with E-state index in [0.717, 1.165) is 41.9 Å². The summed E-state index contributed by atoms with van der Waals surface area (Å²) in [6.45, 7) is 7.29. The fraction of sp³-hybridized carbons (Fsp3) is 0.500. The minimum atomic E-state index is -0.362. The Kier molecular flexibility index (Phi) is 6.60. The summed E-state index contributed by atoms with van der Waals surface area (Å²) in [5.41, 5.74) is 2.96. The van der Waals surface area contributed by atoms with Gasteiger partial charge in [-0.25, -0.2) is 0 Å². The van der Waals surface area contributed by atoms with Crippen LogP contribution in [0.15, 0.2) is 17.7 Å². The molecule has 0 aliphatic carbocycles. The molecule has 1 aliphatic heterocycles. The maximum absolute atomic E-state index is 12.3. The first kappa shape index (κ1) is 19.0. The largest absolute Gasteiger partial charge is 0.496 e. The zero-order valence-electron chi connectivity index (χ0n) is 15.4. The third kappa shape index (κ3) is 4.83. The van der Waals surface area contributed by atoms with E-state index in [-0.39, 0.29) is 23.5 Å². The average Bonchev–Trinajstić information content (AvgIpc) is 3.11. The lowest BCUT2D eigenvalue weighted by molar-refractivity contribution is -0.117. The van der Waals surface area contributed by atoms with Crippen LogP contribution in [0.25, 0.3) is 6.08 Å². The third-order valence-electron chi connectivity index (χ3n) is 4.42. The van der Waals surface area contributed by atoms with Gasteiger partial charge in [0.1, 0.15) is 17.4 Å². The highest BCUT2D eigenvalue weighted by atomic mass is 16.5. The van der Waals surface area contributed by atoms with Gasteiger partial charge in [0.15, 0.2) is 0 Å². The number of nitrogens with one attached hydrogen (secondary N) is 1. The first-order valence-electron chi connectivity index (χ1n) is 8.66. The van der Waals surface area contributed by atoms with Gasteiger partial charge in [-0.1, -0.05) is 13.8 Å². The molecule has 0 spiro atoms. The molecule has 0 bridgehead atoms. The molecular weight excluding hydrogens is 316 g/mol. The zero-order valence-corrected chi connectivity index (χ0v) is 15.4. The van der Waals surface area contributed by atoms with Crippen LogP contribution in [0.3, 0.4) is 0 Å². The van der Waals surface area contributed by atoms with Crippen molar-refractivity contribution in [1.82, 2.24) is 5.32 Å². The van der Waals surface area contributed by atoms with E-state index < -0.39 is 0 Å². The molecule has 1 saturated heterocycles. The maximum atomic E-state index is 12.3. The number of benzene rings is 1. The molecular formula is C20H26N2O3. The van der Waals surface area contributed by atoms with E-state index in [1.807, 2.05) is 25.1 Å². The van der Waals surface area contributed by atoms with E-state index in [9.17, 15) is 10.1 Å². The van der Waals surface area contributed by atoms with Crippen molar-refractivity contribution in [1.29, 1.82) is 5.26 Å². The van der Waals surface area contributed by atoms with Crippen molar-refractivity contribution in [3.63, 3.8) is 0 Å². The van der Waals surface area contributed by atoms with Gasteiger partial charge in [-0.2, -0.15) is 5.26 Å². The zero-order chi connectivity index (χ0) is 18.4. The van der Waals surface area contributed by atoms with E-state index in [0.29, 0.717) is 6.54 Å². The van der Waals surface area contributed by atoms with Crippen molar-refractivity contribution in [3.8, 4) is 11.8 Å². The summed E-state index contributed by atoms with van der Waals surface area (Å²) in [6, 6.07) is 5.94. The fourth-order valence-corrected chi connectivity index (χ4v) is 2.91. The van der Waals surface area contributed by atoms with Crippen LogP contribution in [-0.2, 0) is 9.53 Å².